The first kappa shape index (κ1) is 7.95. The first-order valence-corrected chi connectivity index (χ1v) is 4.27. The van der Waals surface area contributed by atoms with Crippen LogP contribution >= 0.6 is 23.2 Å². The minimum Gasteiger partial charge on any atom is -0.256 e. The molecule has 0 aliphatic carbocycles. The van der Waals surface area contributed by atoms with Gasteiger partial charge in [-0.25, -0.2) is 9.97 Å². The number of fused-ring (bicyclic) bond motifs is 1. The summed E-state index contributed by atoms with van der Waals surface area (Å²) in [6.07, 6.45) is 3.53. The molecular weight excluding hydrogens is 197 g/mol. The van der Waals surface area contributed by atoms with Gasteiger partial charge < -0.3 is 0 Å². The maximum absolute atomic E-state index is 5.80. The number of rotatable bonds is 0. The molecule has 2 heterocycles. The number of aryl methyl sites for hydroxylation is 1. The monoisotopic (exact) mass is 201 g/mol. The van der Waals surface area contributed by atoms with E-state index in [0.717, 1.165) is 18.5 Å². The van der Waals surface area contributed by atoms with Crippen LogP contribution in [0.15, 0.2) is 4.99 Å². The molecule has 1 aromatic heterocycles. The van der Waals surface area contributed by atoms with E-state index in [9.17, 15) is 0 Å². The molecule has 62 valence electrons. The fourth-order valence-corrected chi connectivity index (χ4v) is 1.57. The van der Waals surface area contributed by atoms with Crippen molar-refractivity contribution in [1.29, 1.82) is 0 Å². The molecule has 1 aliphatic rings. The molecule has 0 fully saturated rings. The quantitative estimate of drug-likeness (QED) is 0.478. The van der Waals surface area contributed by atoms with E-state index in [1.54, 1.807) is 0 Å². The van der Waals surface area contributed by atoms with Gasteiger partial charge in [0.25, 0.3) is 0 Å². The second-order valence-electron chi connectivity index (χ2n) is 2.43. The Kier molecular flexibility index (Phi) is 1.98. The highest BCUT2D eigenvalue weighted by Crippen LogP contribution is 2.29. The fourth-order valence-electron chi connectivity index (χ4n) is 1.10. The summed E-state index contributed by atoms with van der Waals surface area (Å²) in [5.74, 6) is 0. The molecule has 0 amide bonds. The third kappa shape index (κ3) is 1.30. The zero-order valence-corrected chi connectivity index (χ0v) is 7.60. The predicted octanol–water partition coefficient (Wildman–Crippen LogP) is 2.43. The van der Waals surface area contributed by atoms with Gasteiger partial charge in [0.15, 0.2) is 5.15 Å². The summed E-state index contributed by atoms with van der Waals surface area (Å²) in [7, 11) is 0. The van der Waals surface area contributed by atoms with Crippen molar-refractivity contribution in [3.8, 4) is 0 Å². The molecule has 0 atom stereocenters. The van der Waals surface area contributed by atoms with Crippen LogP contribution in [0.25, 0.3) is 0 Å². The lowest BCUT2D eigenvalue weighted by molar-refractivity contribution is 0.937. The van der Waals surface area contributed by atoms with Gasteiger partial charge in [-0.1, -0.05) is 11.6 Å². The Balaban J connectivity index is 2.62. The molecule has 0 N–H and O–H groups in total. The lowest BCUT2D eigenvalue weighted by Gasteiger charge is -2.08. The standard InChI is InChI=1S/C7H5Cl2N3/c8-6-5-4(2-1-3-10-5)11-7(9)12-6/h3H,1-2H2. The Bertz CT molecular complexity index is 349. The zero-order valence-electron chi connectivity index (χ0n) is 6.09. The second kappa shape index (κ2) is 2.99. The Morgan fingerprint density at radius 1 is 1.25 bits per heavy atom. The molecule has 1 aliphatic heterocycles. The van der Waals surface area contributed by atoms with Gasteiger partial charge in [-0.3, -0.25) is 4.99 Å². The van der Waals surface area contributed by atoms with Crippen LogP contribution < -0.4 is 0 Å². The van der Waals surface area contributed by atoms with Crippen LogP contribution in [0.4, 0.5) is 5.69 Å². The average Bonchev–Trinajstić information content (AvgIpc) is 2.04. The van der Waals surface area contributed by atoms with Crippen LogP contribution in [0.2, 0.25) is 10.4 Å². The lowest BCUT2D eigenvalue weighted by atomic mass is 10.2. The van der Waals surface area contributed by atoms with Gasteiger partial charge in [0.05, 0.1) is 5.69 Å². The Labute approximate surface area is 79.5 Å². The minimum atomic E-state index is 0.191. The highest BCUT2D eigenvalue weighted by Gasteiger charge is 2.13. The second-order valence-corrected chi connectivity index (χ2v) is 3.13. The SMILES string of the molecule is Clc1nc(Cl)c2c(n1)CCC=N2. The van der Waals surface area contributed by atoms with Gasteiger partial charge in [-0.15, -0.1) is 0 Å². The molecular formula is C7H5Cl2N3. The number of nitrogens with zero attached hydrogens (tertiary/aromatic N) is 3. The first-order chi connectivity index (χ1) is 5.77. The summed E-state index contributed by atoms with van der Waals surface area (Å²) in [5, 5.41) is 0.525. The molecule has 0 aromatic carbocycles. The first-order valence-electron chi connectivity index (χ1n) is 3.52. The molecule has 0 saturated heterocycles. The largest absolute Gasteiger partial charge is 0.256 e. The molecule has 3 nitrogen and oxygen atoms in total. The van der Waals surface area contributed by atoms with Gasteiger partial charge in [0, 0.05) is 6.21 Å². The highest BCUT2D eigenvalue weighted by atomic mass is 35.5. The molecule has 0 spiro atoms. The van der Waals surface area contributed by atoms with E-state index in [1.807, 2.05) is 6.21 Å². The Hall–Kier alpha value is -0.670. The molecule has 0 radical (unpaired) electrons. The fraction of sp³-hybridized carbons (Fsp3) is 0.286. The van der Waals surface area contributed by atoms with Crippen LogP contribution in [0.3, 0.4) is 0 Å². The summed E-state index contributed by atoms with van der Waals surface area (Å²) < 4.78 is 0. The third-order valence-electron chi connectivity index (χ3n) is 1.62. The Morgan fingerprint density at radius 3 is 2.92 bits per heavy atom. The lowest BCUT2D eigenvalue weighted by Crippen LogP contribution is -1.99. The van der Waals surface area contributed by atoms with Crippen molar-refractivity contribution in [1.82, 2.24) is 9.97 Å². The van der Waals surface area contributed by atoms with Crippen LogP contribution in [-0.2, 0) is 6.42 Å². The summed E-state index contributed by atoms with van der Waals surface area (Å²) in [6, 6.07) is 0. The van der Waals surface area contributed by atoms with Gasteiger partial charge in [0.2, 0.25) is 5.28 Å². The topological polar surface area (TPSA) is 38.1 Å². The molecule has 5 heteroatoms. The number of hydrogen-bond acceptors (Lipinski definition) is 3. The van der Waals surface area contributed by atoms with Crippen molar-refractivity contribution in [2.75, 3.05) is 0 Å². The van der Waals surface area contributed by atoms with Crippen LogP contribution in [0.1, 0.15) is 12.1 Å². The maximum Gasteiger partial charge on any atom is 0.224 e. The summed E-state index contributed by atoms with van der Waals surface area (Å²) in [5.41, 5.74) is 1.50. The van der Waals surface area contributed by atoms with E-state index in [0.29, 0.717) is 10.8 Å². The van der Waals surface area contributed by atoms with Crippen molar-refractivity contribution in [3.63, 3.8) is 0 Å². The van der Waals surface area contributed by atoms with Gasteiger partial charge in [0.1, 0.15) is 5.69 Å². The van der Waals surface area contributed by atoms with Crippen LogP contribution in [-0.4, -0.2) is 16.2 Å². The van der Waals surface area contributed by atoms with E-state index < -0.39 is 0 Å². The van der Waals surface area contributed by atoms with Crippen molar-refractivity contribution < 1.29 is 0 Å². The maximum atomic E-state index is 5.80. The van der Waals surface area contributed by atoms with E-state index in [-0.39, 0.29) is 5.28 Å². The Morgan fingerprint density at radius 2 is 2.08 bits per heavy atom. The van der Waals surface area contributed by atoms with Gasteiger partial charge in [-0.2, -0.15) is 0 Å². The van der Waals surface area contributed by atoms with E-state index in [1.165, 1.54) is 0 Å². The molecule has 12 heavy (non-hydrogen) atoms. The molecule has 0 saturated carbocycles. The number of halogens is 2. The molecule has 1 aromatic rings. The smallest absolute Gasteiger partial charge is 0.224 e. The molecule has 0 unspecified atom stereocenters. The highest BCUT2D eigenvalue weighted by molar-refractivity contribution is 6.33. The van der Waals surface area contributed by atoms with Crippen molar-refractivity contribution >= 4 is 35.1 Å². The number of aliphatic imine (C=N–C) groups is 1. The van der Waals surface area contributed by atoms with E-state index in [2.05, 4.69) is 15.0 Å². The summed E-state index contributed by atoms with van der Waals surface area (Å²) >= 11 is 11.4. The van der Waals surface area contributed by atoms with E-state index >= 15 is 0 Å². The van der Waals surface area contributed by atoms with Crippen LogP contribution in [0.5, 0.6) is 0 Å². The zero-order chi connectivity index (χ0) is 8.55. The number of hydrogen-bond donors (Lipinski definition) is 0. The number of aromatic nitrogens is 2. The summed E-state index contributed by atoms with van der Waals surface area (Å²) in [4.78, 5) is 11.9. The van der Waals surface area contributed by atoms with Crippen molar-refractivity contribution in [3.05, 3.63) is 16.1 Å². The van der Waals surface area contributed by atoms with Gasteiger partial charge >= 0.3 is 0 Å². The minimum absolute atomic E-state index is 0.191. The normalized spacial score (nSPS) is 14.5. The van der Waals surface area contributed by atoms with Crippen molar-refractivity contribution in [2.45, 2.75) is 12.8 Å². The molecule has 2 rings (SSSR count). The predicted molar refractivity (Wildman–Crippen MR) is 48.5 cm³/mol. The van der Waals surface area contributed by atoms with Gasteiger partial charge in [-0.05, 0) is 24.4 Å². The average molecular weight is 202 g/mol. The van der Waals surface area contributed by atoms with E-state index in [4.69, 9.17) is 23.2 Å². The molecule has 0 bridgehead atoms. The van der Waals surface area contributed by atoms with Crippen LogP contribution in [0, 0.1) is 0 Å². The summed E-state index contributed by atoms with van der Waals surface area (Å²) in [6.45, 7) is 0. The van der Waals surface area contributed by atoms with Crippen molar-refractivity contribution in [2.24, 2.45) is 4.99 Å². The third-order valence-corrected chi connectivity index (χ3v) is 2.05.